The lowest BCUT2D eigenvalue weighted by Crippen LogP contribution is -2.38. The second-order valence-electron chi connectivity index (χ2n) is 7.83. The Kier molecular flexibility index (Phi) is 6.35. The summed E-state index contributed by atoms with van der Waals surface area (Å²) in [4.78, 5) is 17.2. The molecule has 1 aliphatic heterocycles. The van der Waals surface area contributed by atoms with Crippen molar-refractivity contribution in [1.29, 1.82) is 0 Å². The fraction of sp³-hybridized carbons (Fsp3) is 0.375. The number of hydrogen-bond acceptors (Lipinski definition) is 5. The molecule has 3 aromatic rings. The second-order valence-corrected chi connectivity index (χ2v) is 8.71. The third kappa shape index (κ3) is 4.20. The number of rotatable bonds is 6. The van der Waals surface area contributed by atoms with Gasteiger partial charge in [-0.2, -0.15) is 0 Å². The molecule has 4 rings (SSSR count). The van der Waals surface area contributed by atoms with Gasteiger partial charge in [-0.1, -0.05) is 18.6 Å². The predicted molar refractivity (Wildman–Crippen MR) is 120 cm³/mol. The van der Waals surface area contributed by atoms with Crippen LogP contribution < -0.4 is 5.56 Å². The lowest BCUT2D eigenvalue weighted by molar-refractivity contribution is 0.183. The van der Waals surface area contributed by atoms with E-state index in [4.69, 9.17) is 4.42 Å². The van der Waals surface area contributed by atoms with Crippen LogP contribution in [0.3, 0.4) is 0 Å². The van der Waals surface area contributed by atoms with Crippen LogP contribution in [0.15, 0.2) is 62.8 Å². The highest BCUT2D eigenvalue weighted by molar-refractivity contribution is 7.98. The van der Waals surface area contributed by atoms with Crippen molar-refractivity contribution >= 4 is 11.8 Å². The molecule has 1 fully saturated rings. The van der Waals surface area contributed by atoms with E-state index in [1.54, 1.807) is 28.7 Å². The van der Waals surface area contributed by atoms with Gasteiger partial charge in [0.25, 0.3) is 5.56 Å². The van der Waals surface area contributed by atoms with Crippen LogP contribution in [0.4, 0.5) is 0 Å². The van der Waals surface area contributed by atoms with Gasteiger partial charge in [0.1, 0.15) is 11.5 Å². The summed E-state index contributed by atoms with van der Waals surface area (Å²) in [5, 5.41) is 10.9. The summed E-state index contributed by atoms with van der Waals surface area (Å²) < 4.78 is 7.17. The van der Waals surface area contributed by atoms with E-state index in [-0.39, 0.29) is 17.4 Å². The van der Waals surface area contributed by atoms with Gasteiger partial charge in [-0.15, -0.1) is 11.8 Å². The van der Waals surface area contributed by atoms with E-state index in [0.717, 1.165) is 37.3 Å². The van der Waals surface area contributed by atoms with Crippen LogP contribution in [-0.4, -0.2) is 33.9 Å². The molecule has 1 aromatic carbocycles. The predicted octanol–water partition coefficient (Wildman–Crippen LogP) is 4.80. The van der Waals surface area contributed by atoms with Gasteiger partial charge in [0.2, 0.25) is 0 Å². The molecule has 0 radical (unpaired) electrons. The summed E-state index contributed by atoms with van der Waals surface area (Å²) in [6.45, 7) is 4.03. The average Bonchev–Trinajstić information content (AvgIpc) is 3.28. The van der Waals surface area contributed by atoms with Gasteiger partial charge in [-0.3, -0.25) is 9.69 Å². The molecule has 1 aliphatic rings. The van der Waals surface area contributed by atoms with Gasteiger partial charge in [-0.25, -0.2) is 0 Å². The maximum Gasteiger partial charge on any atom is 0.260 e. The summed E-state index contributed by atoms with van der Waals surface area (Å²) in [7, 11) is 0. The largest absolute Gasteiger partial charge is 0.507 e. The number of furan rings is 1. The first-order valence-electron chi connectivity index (χ1n) is 10.4. The van der Waals surface area contributed by atoms with E-state index in [1.165, 1.54) is 11.3 Å². The summed E-state index contributed by atoms with van der Waals surface area (Å²) in [5.74, 6) is 0.786. The first-order valence-corrected chi connectivity index (χ1v) is 11.6. The maximum absolute atomic E-state index is 13.6. The Bertz CT molecular complexity index is 1040. The summed E-state index contributed by atoms with van der Waals surface area (Å²) in [6.07, 6.45) is 7.08. The first-order chi connectivity index (χ1) is 14.6. The van der Waals surface area contributed by atoms with Crippen LogP contribution in [0.5, 0.6) is 5.75 Å². The van der Waals surface area contributed by atoms with Crippen LogP contribution >= 0.6 is 11.8 Å². The minimum Gasteiger partial charge on any atom is -0.507 e. The van der Waals surface area contributed by atoms with E-state index in [1.807, 2.05) is 19.1 Å². The van der Waals surface area contributed by atoms with Crippen molar-refractivity contribution in [1.82, 2.24) is 9.47 Å². The quantitative estimate of drug-likeness (QED) is 0.576. The maximum atomic E-state index is 13.6. The molecule has 1 saturated heterocycles. The molecule has 6 heteroatoms. The standard InChI is InChI=1S/C24H28N2O3S/c1-17-15-21(27)22(24(28)26(17)16-19-7-6-14-29-19)23(25-12-4-3-5-13-25)18-8-10-20(30-2)11-9-18/h6-11,14-15,23,27H,3-5,12-13,16H2,1-2H3. The zero-order chi connectivity index (χ0) is 21.1. The number of likely N-dealkylation sites (tertiary alicyclic amines) is 1. The number of thioether (sulfide) groups is 1. The number of benzene rings is 1. The van der Waals surface area contributed by atoms with Crippen LogP contribution in [0.1, 0.15) is 47.9 Å². The van der Waals surface area contributed by atoms with Gasteiger partial charge >= 0.3 is 0 Å². The van der Waals surface area contributed by atoms with Crippen molar-refractivity contribution in [3.05, 3.63) is 81.7 Å². The van der Waals surface area contributed by atoms with Crippen LogP contribution in [0.2, 0.25) is 0 Å². The number of aryl methyl sites for hydroxylation is 1. The number of nitrogens with zero attached hydrogens (tertiary/aromatic N) is 2. The first kappa shape index (κ1) is 20.8. The van der Waals surface area contributed by atoms with Crippen LogP contribution in [0.25, 0.3) is 0 Å². The topological polar surface area (TPSA) is 58.6 Å². The minimum absolute atomic E-state index is 0.0673. The average molecular weight is 425 g/mol. The molecule has 3 heterocycles. The van der Waals surface area contributed by atoms with Gasteiger partial charge in [0, 0.05) is 10.6 Å². The number of aromatic nitrogens is 1. The molecule has 0 saturated carbocycles. The second kappa shape index (κ2) is 9.14. The third-order valence-corrected chi connectivity index (χ3v) is 6.62. The van der Waals surface area contributed by atoms with Crippen LogP contribution in [0, 0.1) is 6.92 Å². The Morgan fingerprint density at radius 2 is 1.87 bits per heavy atom. The minimum atomic E-state index is -0.267. The highest BCUT2D eigenvalue weighted by atomic mass is 32.2. The normalized spacial score (nSPS) is 15.9. The van der Waals surface area contributed by atoms with Crippen LogP contribution in [-0.2, 0) is 6.54 Å². The molecule has 1 unspecified atom stereocenters. The number of aromatic hydroxyl groups is 1. The van der Waals surface area contributed by atoms with Gasteiger partial charge in [-0.05, 0) is 75.0 Å². The smallest absolute Gasteiger partial charge is 0.260 e. The third-order valence-electron chi connectivity index (χ3n) is 5.88. The molecule has 0 bridgehead atoms. The Hall–Kier alpha value is -2.44. The fourth-order valence-electron chi connectivity index (χ4n) is 4.30. The summed E-state index contributed by atoms with van der Waals surface area (Å²) in [6, 6.07) is 13.5. The summed E-state index contributed by atoms with van der Waals surface area (Å²) in [5.41, 5.74) is 2.04. The number of hydrogen-bond donors (Lipinski definition) is 1. The molecular formula is C24H28N2O3S. The number of pyridine rings is 1. The summed E-state index contributed by atoms with van der Waals surface area (Å²) >= 11 is 1.69. The lowest BCUT2D eigenvalue weighted by atomic mass is 9.94. The molecule has 0 amide bonds. The number of piperidine rings is 1. The molecule has 0 aliphatic carbocycles. The SMILES string of the molecule is CSc1ccc(C(c2c(O)cc(C)n(Cc3ccco3)c2=O)N2CCCCC2)cc1. The van der Waals surface area contributed by atoms with Gasteiger partial charge in [0.15, 0.2) is 0 Å². The van der Waals surface area contributed by atoms with E-state index in [0.29, 0.717) is 17.8 Å². The van der Waals surface area contributed by atoms with Crippen molar-refractivity contribution in [2.24, 2.45) is 0 Å². The Morgan fingerprint density at radius 3 is 2.50 bits per heavy atom. The molecule has 2 aromatic heterocycles. The Labute approximate surface area is 181 Å². The van der Waals surface area contributed by atoms with Crippen molar-refractivity contribution < 1.29 is 9.52 Å². The fourth-order valence-corrected chi connectivity index (χ4v) is 4.71. The van der Waals surface area contributed by atoms with Crippen molar-refractivity contribution in [2.75, 3.05) is 19.3 Å². The van der Waals surface area contributed by atoms with E-state index in [9.17, 15) is 9.90 Å². The van der Waals surface area contributed by atoms with E-state index in [2.05, 4.69) is 35.4 Å². The zero-order valence-corrected chi connectivity index (χ0v) is 18.3. The molecule has 1 N–H and O–H groups in total. The van der Waals surface area contributed by atoms with Crippen molar-refractivity contribution in [2.45, 2.75) is 43.7 Å². The van der Waals surface area contributed by atoms with Gasteiger partial charge in [0.05, 0.1) is 24.4 Å². The molecule has 158 valence electrons. The molecule has 5 nitrogen and oxygen atoms in total. The van der Waals surface area contributed by atoms with Gasteiger partial charge < -0.3 is 14.1 Å². The van der Waals surface area contributed by atoms with Crippen molar-refractivity contribution in [3.8, 4) is 5.75 Å². The molecular weight excluding hydrogens is 396 g/mol. The molecule has 1 atom stereocenters. The molecule has 0 spiro atoms. The zero-order valence-electron chi connectivity index (χ0n) is 17.5. The molecule has 30 heavy (non-hydrogen) atoms. The Morgan fingerprint density at radius 1 is 1.13 bits per heavy atom. The highest BCUT2D eigenvalue weighted by Crippen LogP contribution is 2.35. The lowest BCUT2D eigenvalue weighted by Gasteiger charge is -2.35. The van der Waals surface area contributed by atoms with E-state index < -0.39 is 0 Å². The monoisotopic (exact) mass is 424 g/mol. The Balaban J connectivity index is 1.83. The van der Waals surface area contributed by atoms with E-state index >= 15 is 0 Å². The van der Waals surface area contributed by atoms with Crippen molar-refractivity contribution in [3.63, 3.8) is 0 Å². The highest BCUT2D eigenvalue weighted by Gasteiger charge is 2.30.